The van der Waals surface area contributed by atoms with Crippen molar-refractivity contribution >= 4 is 33.1 Å². The molecule has 0 saturated carbocycles. The van der Waals surface area contributed by atoms with Crippen LogP contribution in [0.5, 0.6) is 5.75 Å². The topological polar surface area (TPSA) is 43.3 Å². The van der Waals surface area contributed by atoms with Crippen molar-refractivity contribution in [3.05, 3.63) is 82.6 Å². The molecule has 0 radical (unpaired) electrons. The molecular weight excluding hydrogens is 375 g/mol. The third-order valence-electron chi connectivity index (χ3n) is 4.61. The van der Waals surface area contributed by atoms with E-state index in [0.717, 1.165) is 21.3 Å². The van der Waals surface area contributed by atoms with Crippen LogP contribution in [0.4, 0.5) is 10.1 Å². The molecule has 1 amide bonds. The molecule has 4 nitrogen and oxygen atoms in total. The molecule has 4 rings (SSSR count). The van der Waals surface area contributed by atoms with Gasteiger partial charge in [0.05, 0.1) is 23.0 Å². The first-order chi connectivity index (χ1) is 13.5. The van der Waals surface area contributed by atoms with Crippen LogP contribution in [0.1, 0.15) is 21.6 Å². The summed E-state index contributed by atoms with van der Waals surface area (Å²) in [6.45, 7) is 2.44. The van der Waals surface area contributed by atoms with Gasteiger partial charge in [-0.25, -0.2) is 4.39 Å². The molecule has 0 saturated heterocycles. The van der Waals surface area contributed by atoms with Gasteiger partial charge in [-0.2, -0.15) is 0 Å². The summed E-state index contributed by atoms with van der Waals surface area (Å²) in [5, 5.41) is 4.96. The summed E-state index contributed by atoms with van der Waals surface area (Å²) in [5.41, 5.74) is 4.11. The average Bonchev–Trinajstić information content (AvgIpc) is 3.26. The second-order valence-corrected chi connectivity index (χ2v) is 7.52. The Morgan fingerprint density at radius 2 is 1.93 bits per heavy atom. The molecule has 0 spiro atoms. The first-order valence-corrected chi connectivity index (χ1v) is 9.70. The van der Waals surface area contributed by atoms with Crippen LogP contribution in [-0.2, 0) is 6.54 Å². The summed E-state index contributed by atoms with van der Waals surface area (Å²) in [6, 6.07) is 15.9. The van der Waals surface area contributed by atoms with Gasteiger partial charge in [-0.3, -0.25) is 4.79 Å². The summed E-state index contributed by atoms with van der Waals surface area (Å²) < 4.78 is 21.6. The maximum absolute atomic E-state index is 13.2. The molecule has 0 unspecified atom stereocenters. The highest BCUT2D eigenvalue weighted by Crippen LogP contribution is 2.29. The first kappa shape index (κ1) is 18.3. The molecule has 0 atom stereocenters. The SMILES string of the molecule is COc1ccc(C)cc1NC(=O)c1cc2sccc2n1Cc1ccc(F)cc1. The van der Waals surface area contributed by atoms with Gasteiger partial charge in [0, 0.05) is 6.54 Å². The van der Waals surface area contributed by atoms with Gasteiger partial charge in [0.25, 0.3) is 5.91 Å². The van der Waals surface area contributed by atoms with E-state index in [4.69, 9.17) is 4.74 Å². The van der Waals surface area contributed by atoms with Crippen LogP contribution >= 0.6 is 11.3 Å². The number of fused-ring (bicyclic) bond motifs is 1. The van der Waals surface area contributed by atoms with Crippen LogP contribution in [0.3, 0.4) is 0 Å². The molecule has 2 aromatic heterocycles. The van der Waals surface area contributed by atoms with Crippen molar-refractivity contribution in [3.63, 3.8) is 0 Å². The summed E-state index contributed by atoms with van der Waals surface area (Å²) in [4.78, 5) is 13.1. The fourth-order valence-corrected chi connectivity index (χ4v) is 4.04. The molecule has 2 heterocycles. The second-order valence-electron chi connectivity index (χ2n) is 6.57. The van der Waals surface area contributed by atoms with E-state index in [-0.39, 0.29) is 11.7 Å². The molecule has 0 bridgehead atoms. The molecule has 1 N–H and O–H groups in total. The Kier molecular flexibility index (Phi) is 4.88. The number of hydrogen-bond acceptors (Lipinski definition) is 3. The zero-order chi connectivity index (χ0) is 19.7. The number of halogens is 1. The van der Waals surface area contributed by atoms with Crippen LogP contribution < -0.4 is 10.1 Å². The summed E-state index contributed by atoms with van der Waals surface area (Å²) in [6.07, 6.45) is 0. The number of aromatic nitrogens is 1. The Morgan fingerprint density at radius 1 is 1.14 bits per heavy atom. The zero-order valence-corrected chi connectivity index (χ0v) is 16.3. The number of aryl methyl sites for hydroxylation is 1. The fraction of sp³-hybridized carbons (Fsp3) is 0.136. The number of methoxy groups -OCH3 is 1. The molecule has 0 aliphatic carbocycles. The Labute approximate surface area is 166 Å². The molecule has 0 fully saturated rings. The normalized spacial score (nSPS) is 11.0. The molecular formula is C22H19FN2O2S. The number of carbonyl (C=O) groups excluding carboxylic acids is 1. The molecule has 2 aromatic carbocycles. The van der Waals surface area contributed by atoms with Gasteiger partial charge in [0.1, 0.15) is 17.3 Å². The second kappa shape index (κ2) is 7.48. The van der Waals surface area contributed by atoms with Crippen LogP contribution in [0, 0.1) is 12.7 Å². The van der Waals surface area contributed by atoms with Gasteiger partial charge in [-0.1, -0.05) is 18.2 Å². The minimum Gasteiger partial charge on any atom is -0.495 e. The van der Waals surface area contributed by atoms with Crippen molar-refractivity contribution in [2.75, 3.05) is 12.4 Å². The Balaban J connectivity index is 1.70. The summed E-state index contributed by atoms with van der Waals surface area (Å²) in [7, 11) is 1.58. The lowest BCUT2D eigenvalue weighted by Crippen LogP contribution is -2.18. The van der Waals surface area contributed by atoms with E-state index < -0.39 is 0 Å². The quantitative estimate of drug-likeness (QED) is 0.488. The number of ether oxygens (including phenoxy) is 1. The lowest BCUT2D eigenvalue weighted by Gasteiger charge is -2.13. The van der Waals surface area contributed by atoms with Gasteiger partial charge in [0.15, 0.2) is 0 Å². The number of benzene rings is 2. The predicted molar refractivity (Wildman–Crippen MR) is 111 cm³/mol. The highest BCUT2D eigenvalue weighted by Gasteiger charge is 2.18. The molecule has 6 heteroatoms. The number of thiophene rings is 1. The van der Waals surface area contributed by atoms with Crippen molar-refractivity contribution in [1.82, 2.24) is 4.57 Å². The average molecular weight is 394 g/mol. The van der Waals surface area contributed by atoms with E-state index >= 15 is 0 Å². The zero-order valence-electron chi connectivity index (χ0n) is 15.5. The van der Waals surface area contributed by atoms with Gasteiger partial charge in [0.2, 0.25) is 0 Å². The van der Waals surface area contributed by atoms with E-state index in [9.17, 15) is 9.18 Å². The molecule has 142 valence electrons. The fourth-order valence-electron chi connectivity index (χ4n) is 3.21. The van der Waals surface area contributed by atoms with Crippen LogP contribution in [-0.4, -0.2) is 17.6 Å². The highest BCUT2D eigenvalue weighted by atomic mass is 32.1. The Bertz CT molecular complexity index is 1150. The van der Waals surface area contributed by atoms with Gasteiger partial charge >= 0.3 is 0 Å². The number of nitrogens with zero attached hydrogens (tertiary/aromatic N) is 1. The molecule has 0 aliphatic rings. The van der Waals surface area contributed by atoms with Crippen molar-refractivity contribution in [2.45, 2.75) is 13.5 Å². The van der Waals surface area contributed by atoms with Crippen LogP contribution in [0.25, 0.3) is 10.2 Å². The number of hydrogen-bond donors (Lipinski definition) is 1. The van der Waals surface area contributed by atoms with Crippen LogP contribution in [0.2, 0.25) is 0 Å². The third kappa shape index (κ3) is 3.51. The highest BCUT2D eigenvalue weighted by molar-refractivity contribution is 7.17. The van der Waals surface area contributed by atoms with E-state index in [1.165, 1.54) is 12.1 Å². The first-order valence-electron chi connectivity index (χ1n) is 8.82. The van der Waals surface area contributed by atoms with Crippen LogP contribution in [0.15, 0.2) is 60.0 Å². The monoisotopic (exact) mass is 394 g/mol. The molecule has 4 aromatic rings. The summed E-state index contributed by atoms with van der Waals surface area (Å²) >= 11 is 1.58. The van der Waals surface area contributed by atoms with Gasteiger partial charge in [-0.05, 0) is 59.8 Å². The van der Waals surface area contributed by atoms with Crippen molar-refractivity contribution in [2.24, 2.45) is 0 Å². The standard InChI is InChI=1S/C22H19FN2O2S/c1-14-3-8-20(27-2)17(11-14)24-22(26)19-12-21-18(9-10-28-21)25(19)13-15-4-6-16(23)7-5-15/h3-12H,13H2,1-2H3,(H,24,26). The van der Waals surface area contributed by atoms with E-state index in [2.05, 4.69) is 5.32 Å². The van der Waals surface area contributed by atoms with Crippen molar-refractivity contribution < 1.29 is 13.9 Å². The minimum absolute atomic E-state index is 0.214. The third-order valence-corrected chi connectivity index (χ3v) is 5.47. The largest absolute Gasteiger partial charge is 0.495 e. The smallest absolute Gasteiger partial charge is 0.272 e. The van der Waals surface area contributed by atoms with Gasteiger partial charge < -0.3 is 14.6 Å². The van der Waals surface area contributed by atoms with E-state index in [1.54, 1.807) is 30.6 Å². The van der Waals surface area contributed by atoms with Gasteiger partial charge in [-0.15, -0.1) is 11.3 Å². The molecule has 0 aliphatic heterocycles. The predicted octanol–water partition coefficient (Wildman–Crippen LogP) is 5.46. The number of rotatable bonds is 5. The maximum atomic E-state index is 13.2. The lowest BCUT2D eigenvalue weighted by atomic mass is 10.2. The maximum Gasteiger partial charge on any atom is 0.272 e. The summed E-state index contributed by atoms with van der Waals surface area (Å²) in [5.74, 6) is 0.119. The van der Waals surface area contributed by atoms with Crippen molar-refractivity contribution in [1.29, 1.82) is 0 Å². The number of anilines is 1. The van der Waals surface area contributed by atoms with E-state index in [0.29, 0.717) is 23.7 Å². The lowest BCUT2D eigenvalue weighted by molar-refractivity contribution is 0.101. The Morgan fingerprint density at radius 3 is 2.68 bits per heavy atom. The van der Waals surface area contributed by atoms with E-state index in [1.807, 2.05) is 47.2 Å². The van der Waals surface area contributed by atoms with Crippen molar-refractivity contribution in [3.8, 4) is 5.75 Å². The molecule has 28 heavy (non-hydrogen) atoms. The number of amides is 1. The minimum atomic E-state index is -0.276. The Hall–Kier alpha value is -3.12. The number of carbonyl (C=O) groups is 1. The number of nitrogens with one attached hydrogen (secondary N) is 1.